The third-order valence-corrected chi connectivity index (χ3v) is 5.28. The monoisotopic (exact) mass is 365 g/mol. The van der Waals surface area contributed by atoms with Gasteiger partial charge in [0.2, 0.25) is 5.91 Å². The van der Waals surface area contributed by atoms with Gasteiger partial charge in [0.05, 0.1) is 0 Å². The summed E-state index contributed by atoms with van der Waals surface area (Å²) in [4.78, 5) is 30.5. The maximum absolute atomic E-state index is 12.8. The second-order valence-electron chi connectivity index (χ2n) is 6.99. The van der Waals surface area contributed by atoms with E-state index in [1.165, 1.54) is 0 Å². The summed E-state index contributed by atoms with van der Waals surface area (Å²) in [6.07, 6.45) is 1.50. The number of aromatic hydroxyl groups is 1. The summed E-state index contributed by atoms with van der Waals surface area (Å²) in [5, 5.41) is 9.41. The van der Waals surface area contributed by atoms with E-state index in [1.807, 2.05) is 41.3 Å². The molecule has 0 aromatic heterocycles. The minimum atomic E-state index is 0.0275. The van der Waals surface area contributed by atoms with Gasteiger partial charge in [-0.2, -0.15) is 0 Å². The van der Waals surface area contributed by atoms with Crippen molar-refractivity contribution in [2.75, 3.05) is 42.5 Å². The number of carbonyl (C=O) groups excluding carboxylic acids is 2. The van der Waals surface area contributed by atoms with E-state index in [-0.39, 0.29) is 17.6 Å². The van der Waals surface area contributed by atoms with Crippen molar-refractivity contribution >= 4 is 23.2 Å². The number of piperazine rings is 1. The molecule has 2 fully saturated rings. The molecule has 6 heteroatoms. The van der Waals surface area contributed by atoms with Crippen molar-refractivity contribution in [3.05, 3.63) is 54.1 Å². The van der Waals surface area contributed by atoms with Gasteiger partial charge in [0.15, 0.2) is 0 Å². The SMILES string of the molecule is O=C(c1ccc(N2CCCC2=O)cc1)N1CCN(c2ccc(O)cc2)CC1. The molecule has 0 aliphatic carbocycles. The van der Waals surface area contributed by atoms with Crippen molar-refractivity contribution in [2.45, 2.75) is 12.8 Å². The maximum atomic E-state index is 12.8. The van der Waals surface area contributed by atoms with Gasteiger partial charge in [0.1, 0.15) is 5.75 Å². The van der Waals surface area contributed by atoms with Gasteiger partial charge in [-0.3, -0.25) is 9.59 Å². The number of carbonyl (C=O) groups is 2. The Morgan fingerprint density at radius 3 is 2.04 bits per heavy atom. The van der Waals surface area contributed by atoms with E-state index in [9.17, 15) is 14.7 Å². The summed E-state index contributed by atoms with van der Waals surface area (Å²) in [5.74, 6) is 0.436. The van der Waals surface area contributed by atoms with Crippen LogP contribution in [0.5, 0.6) is 5.75 Å². The molecule has 2 aromatic rings. The standard InChI is InChI=1S/C21H23N3O3/c25-19-9-7-17(8-10-19)22-12-14-23(15-13-22)21(27)16-3-5-18(6-4-16)24-11-1-2-20(24)26/h3-10,25H,1-2,11-15H2. The van der Waals surface area contributed by atoms with E-state index >= 15 is 0 Å². The van der Waals surface area contributed by atoms with Gasteiger partial charge < -0.3 is 19.8 Å². The third-order valence-electron chi connectivity index (χ3n) is 5.28. The average Bonchev–Trinajstić information content (AvgIpc) is 3.14. The number of hydrogen-bond acceptors (Lipinski definition) is 4. The smallest absolute Gasteiger partial charge is 0.253 e. The molecule has 2 aromatic carbocycles. The first-order chi connectivity index (χ1) is 13.1. The first-order valence-corrected chi connectivity index (χ1v) is 9.35. The third kappa shape index (κ3) is 3.60. The molecule has 2 aliphatic heterocycles. The molecular weight excluding hydrogens is 342 g/mol. The van der Waals surface area contributed by atoms with Crippen LogP contribution in [0.1, 0.15) is 23.2 Å². The number of phenols is 1. The molecule has 4 rings (SSSR count). The molecule has 0 bridgehead atoms. The average molecular weight is 365 g/mol. The first-order valence-electron chi connectivity index (χ1n) is 9.35. The minimum Gasteiger partial charge on any atom is -0.508 e. The summed E-state index contributed by atoms with van der Waals surface area (Å²) in [5.41, 5.74) is 2.58. The highest BCUT2D eigenvalue weighted by atomic mass is 16.3. The van der Waals surface area contributed by atoms with Gasteiger partial charge in [0.25, 0.3) is 5.91 Å². The number of amides is 2. The number of anilines is 2. The molecular formula is C21H23N3O3. The molecule has 0 saturated carbocycles. The largest absolute Gasteiger partial charge is 0.508 e. The number of rotatable bonds is 3. The van der Waals surface area contributed by atoms with Crippen LogP contribution in [0.25, 0.3) is 0 Å². The second-order valence-corrected chi connectivity index (χ2v) is 6.99. The summed E-state index contributed by atoms with van der Waals surface area (Å²) < 4.78 is 0. The Morgan fingerprint density at radius 1 is 0.815 bits per heavy atom. The van der Waals surface area contributed by atoms with E-state index in [0.717, 1.165) is 37.4 Å². The highest BCUT2D eigenvalue weighted by Gasteiger charge is 2.24. The lowest BCUT2D eigenvalue weighted by Gasteiger charge is -2.36. The Bertz CT molecular complexity index is 825. The van der Waals surface area contributed by atoms with E-state index in [0.29, 0.717) is 25.1 Å². The fourth-order valence-electron chi connectivity index (χ4n) is 3.72. The summed E-state index contributed by atoms with van der Waals surface area (Å²) in [7, 11) is 0. The second kappa shape index (κ2) is 7.31. The van der Waals surface area contributed by atoms with E-state index in [4.69, 9.17) is 0 Å². The Kier molecular flexibility index (Phi) is 4.71. The molecule has 0 atom stereocenters. The fraction of sp³-hybridized carbons (Fsp3) is 0.333. The summed E-state index contributed by atoms with van der Waals surface area (Å²) in [6, 6.07) is 14.5. The van der Waals surface area contributed by atoms with Crippen molar-refractivity contribution in [3.8, 4) is 5.75 Å². The Labute approximate surface area is 158 Å². The number of phenolic OH excluding ortho intramolecular Hbond substituents is 1. The van der Waals surface area contributed by atoms with Crippen LogP contribution in [0.4, 0.5) is 11.4 Å². The molecule has 27 heavy (non-hydrogen) atoms. The normalized spacial score (nSPS) is 17.5. The van der Waals surface area contributed by atoms with Crippen molar-refractivity contribution < 1.29 is 14.7 Å². The van der Waals surface area contributed by atoms with Crippen LogP contribution in [0.15, 0.2) is 48.5 Å². The van der Waals surface area contributed by atoms with Crippen LogP contribution in [-0.4, -0.2) is 54.5 Å². The van der Waals surface area contributed by atoms with E-state index in [2.05, 4.69) is 4.90 Å². The zero-order valence-corrected chi connectivity index (χ0v) is 15.2. The predicted molar refractivity (Wildman–Crippen MR) is 104 cm³/mol. The molecule has 6 nitrogen and oxygen atoms in total. The molecule has 0 spiro atoms. The Morgan fingerprint density at radius 2 is 1.44 bits per heavy atom. The number of hydrogen-bond donors (Lipinski definition) is 1. The molecule has 1 N–H and O–H groups in total. The molecule has 140 valence electrons. The van der Waals surface area contributed by atoms with Gasteiger partial charge in [-0.1, -0.05) is 0 Å². The minimum absolute atomic E-state index is 0.0275. The molecule has 2 saturated heterocycles. The fourth-order valence-corrected chi connectivity index (χ4v) is 3.72. The van der Waals surface area contributed by atoms with Crippen LogP contribution >= 0.6 is 0 Å². The first kappa shape index (κ1) is 17.4. The van der Waals surface area contributed by atoms with Crippen molar-refractivity contribution in [1.82, 2.24) is 4.90 Å². The van der Waals surface area contributed by atoms with Gasteiger partial charge >= 0.3 is 0 Å². The molecule has 0 radical (unpaired) electrons. The zero-order valence-electron chi connectivity index (χ0n) is 15.2. The van der Waals surface area contributed by atoms with Crippen LogP contribution in [-0.2, 0) is 4.79 Å². The lowest BCUT2D eigenvalue weighted by atomic mass is 10.1. The van der Waals surface area contributed by atoms with Crippen molar-refractivity contribution in [1.29, 1.82) is 0 Å². The van der Waals surface area contributed by atoms with E-state index < -0.39 is 0 Å². The zero-order chi connectivity index (χ0) is 18.8. The van der Waals surface area contributed by atoms with Gasteiger partial charge in [-0.05, 0) is 55.0 Å². The van der Waals surface area contributed by atoms with Crippen LogP contribution in [0.2, 0.25) is 0 Å². The maximum Gasteiger partial charge on any atom is 0.253 e. The molecule has 2 aliphatic rings. The van der Waals surface area contributed by atoms with Gasteiger partial charge in [0, 0.05) is 56.1 Å². The quantitative estimate of drug-likeness (QED) is 0.908. The Hall–Kier alpha value is -3.02. The molecule has 0 unspecified atom stereocenters. The summed E-state index contributed by atoms with van der Waals surface area (Å²) >= 11 is 0. The highest BCUT2D eigenvalue weighted by Crippen LogP contribution is 2.23. The molecule has 2 heterocycles. The highest BCUT2D eigenvalue weighted by molar-refractivity contribution is 5.97. The van der Waals surface area contributed by atoms with Crippen LogP contribution in [0, 0.1) is 0 Å². The topological polar surface area (TPSA) is 64.1 Å². The summed E-state index contributed by atoms with van der Waals surface area (Å²) in [6.45, 7) is 3.59. The van der Waals surface area contributed by atoms with Crippen LogP contribution < -0.4 is 9.80 Å². The number of nitrogens with zero attached hydrogens (tertiary/aromatic N) is 3. The van der Waals surface area contributed by atoms with Crippen molar-refractivity contribution in [2.24, 2.45) is 0 Å². The van der Waals surface area contributed by atoms with E-state index in [1.54, 1.807) is 17.0 Å². The predicted octanol–water partition coefficient (Wildman–Crippen LogP) is 2.48. The van der Waals surface area contributed by atoms with Crippen molar-refractivity contribution in [3.63, 3.8) is 0 Å². The van der Waals surface area contributed by atoms with Gasteiger partial charge in [-0.15, -0.1) is 0 Å². The lowest BCUT2D eigenvalue weighted by Crippen LogP contribution is -2.48. The molecule has 2 amide bonds. The lowest BCUT2D eigenvalue weighted by molar-refractivity contribution is -0.117. The van der Waals surface area contributed by atoms with Gasteiger partial charge in [-0.25, -0.2) is 0 Å². The van der Waals surface area contributed by atoms with Crippen LogP contribution in [0.3, 0.4) is 0 Å². The number of benzene rings is 2. The Balaban J connectivity index is 1.37.